The van der Waals surface area contributed by atoms with Crippen LogP contribution in [0, 0.1) is 5.82 Å². The number of carbonyl (C=O) groups is 1. The lowest BCUT2D eigenvalue weighted by molar-refractivity contribution is 0.145. The topological polar surface area (TPSA) is 66.4 Å². The number of benzene rings is 3. The molecule has 34 heavy (non-hydrogen) atoms. The smallest absolute Gasteiger partial charge is 0.322 e. The number of hydrogen-bond acceptors (Lipinski definition) is 5. The number of aliphatic imine (C=N–C) groups is 1. The highest BCUT2D eigenvalue weighted by Gasteiger charge is 2.32. The highest BCUT2D eigenvalue weighted by molar-refractivity contribution is 6.04. The zero-order chi connectivity index (χ0) is 23.7. The maximum atomic E-state index is 13.2. The number of anilines is 1. The first-order valence-electron chi connectivity index (χ1n) is 11.1. The van der Waals surface area contributed by atoms with Gasteiger partial charge in [-0.05, 0) is 55.5 Å². The van der Waals surface area contributed by atoms with E-state index in [2.05, 4.69) is 10.2 Å². The van der Waals surface area contributed by atoms with E-state index in [0.29, 0.717) is 42.6 Å². The molecule has 2 heterocycles. The van der Waals surface area contributed by atoms with Gasteiger partial charge in [-0.1, -0.05) is 18.2 Å². The van der Waals surface area contributed by atoms with Gasteiger partial charge >= 0.3 is 6.03 Å². The average molecular weight is 461 g/mol. The molecule has 3 aromatic carbocycles. The van der Waals surface area contributed by atoms with Crippen molar-refractivity contribution in [3.63, 3.8) is 0 Å². The molecule has 1 unspecified atom stereocenters. The van der Waals surface area contributed by atoms with Crippen LogP contribution < -0.4 is 14.8 Å². The molecule has 7 nitrogen and oxygen atoms in total. The molecule has 8 heteroatoms. The Morgan fingerprint density at radius 1 is 1.09 bits per heavy atom. The molecule has 1 atom stereocenters. The van der Waals surface area contributed by atoms with Gasteiger partial charge in [-0.3, -0.25) is 0 Å². The van der Waals surface area contributed by atoms with Crippen molar-refractivity contribution in [2.24, 2.45) is 4.99 Å². The number of methoxy groups -OCH3 is 1. The van der Waals surface area contributed by atoms with Gasteiger partial charge in [-0.15, -0.1) is 0 Å². The van der Waals surface area contributed by atoms with Crippen LogP contribution in [0.5, 0.6) is 17.2 Å². The Morgan fingerprint density at radius 3 is 2.65 bits per heavy atom. The monoisotopic (exact) mass is 460 g/mol. The molecular weight excluding hydrogens is 435 g/mol. The number of fused-ring (bicyclic) bond motifs is 2. The molecule has 0 aliphatic carbocycles. The second-order valence-corrected chi connectivity index (χ2v) is 8.27. The number of urea groups is 1. The van der Waals surface area contributed by atoms with E-state index in [9.17, 15) is 9.18 Å². The van der Waals surface area contributed by atoms with Gasteiger partial charge in [-0.2, -0.15) is 0 Å². The maximum Gasteiger partial charge on any atom is 0.322 e. The lowest BCUT2D eigenvalue weighted by Crippen LogP contribution is -2.56. The molecule has 1 saturated heterocycles. The molecule has 5 rings (SSSR count). The van der Waals surface area contributed by atoms with E-state index in [1.54, 1.807) is 24.1 Å². The fourth-order valence-electron chi connectivity index (χ4n) is 4.30. The number of para-hydroxylation sites is 3. The molecule has 1 N–H and O–H groups in total. The minimum atomic E-state index is -0.341. The highest BCUT2D eigenvalue weighted by atomic mass is 19.1. The molecule has 174 valence electrons. The van der Waals surface area contributed by atoms with Crippen LogP contribution >= 0.6 is 0 Å². The van der Waals surface area contributed by atoms with Crippen molar-refractivity contribution < 1.29 is 18.7 Å². The molecule has 0 saturated carbocycles. The minimum absolute atomic E-state index is 0.0784. The van der Waals surface area contributed by atoms with Crippen LogP contribution in [0.15, 0.2) is 71.7 Å². The number of carbonyl (C=O) groups excluding carboxylic acids is 1. The fourth-order valence-corrected chi connectivity index (χ4v) is 4.30. The zero-order valence-corrected chi connectivity index (χ0v) is 19.0. The van der Waals surface area contributed by atoms with Crippen molar-refractivity contribution in [2.75, 3.05) is 32.1 Å². The first-order valence-corrected chi connectivity index (χ1v) is 11.1. The standard InChI is InChI=1S/C26H25FN4O3/c1-17-16-30(14-15-31(17)26(32)28-19-12-10-18(27)11-13-19)25-20-6-5-9-23(33-2)24(20)34-22-8-4-3-7-21(22)29-25/h3-13,17H,14-16H2,1-2H3,(H,28,32). The van der Waals surface area contributed by atoms with E-state index in [0.717, 1.165) is 17.1 Å². The van der Waals surface area contributed by atoms with Gasteiger partial charge in [0.05, 0.1) is 12.7 Å². The Hall–Kier alpha value is -4.07. The van der Waals surface area contributed by atoms with E-state index in [4.69, 9.17) is 14.5 Å². The van der Waals surface area contributed by atoms with Gasteiger partial charge in [0.1, 0.15) is 17.3 Å². The van der Waals surface area contributed by atoms with Crippen molar-refractivity contribution in [1.29, 1.82) is 0 Å². The van der Waals surface area contributed by atoms with Crippen molar-refractivity contribution >= 4 is 23.2 Å². The summed E-state index contributed by atoms with van der Waals surface area (Å²) in [6.07, 6.45) is 0. The second-order valence-electron chi connectivity index (χ2n) is 8.27. The lowest BCUT2D eigenvalue weighted by atomic mass is 10.1. The highest BCUT2D eigenvalue weighted by Crippen LogP contribution is 2.42. The first-order chi connectivity index (χ1) is 16.5. The Balaban J connectivity index is 1.41. The van der Waals surface area contributed by atoms with E-state index >= 15 is 0 Å². The Morgan fingerprint density at radius 2 is 1.88 bits per heavy atom. The summed E-state index contributed by atoms with van der Waals surface area (Å²) in [4.78, 5) is 21.8. The van der Waals surface area contributed by atoms with Gasteiger partial charge in [-0.25, -0.2) is 14.2 Å². The van der Waals surface area contributed by atoms with Crippen LogP contribution in [0.1, 0.15) is 12.5 Å². The number of halogens is 1. The number of ether oxygens (including phenoxy) is 2. The molecule has 3 aromatic rings. The summed E-state index contributed by atoms with van der Waals surface area (Å²) in [7, 11) is 1.62. The fraction of sp³-hybridized carbons (Fsp3) is 0.231. The summed E-state index contributed by atoms with van der Waals surface area (Å²) in [6, 6.07) is 18.9. The minimum Gasteiger partial charge on any atom is -0.493 e. The van der Waals surface area contributed by atoms with Crippen LogP contribution in [0.3, 0.4) is 0 Å². The molecule has 0 spiro atoms. The first kappa shape index (κ1) is 21.8. The van der Waals surface area contributed by atoms with Crippen molar-refractivity contribution in [2.45, 2.75) is 13.0 Å². The van der Waals surface area contributed by atoms with Gasteiger partial charge in [0.2, 0.25) is 0 Å². The molecule has 0 bridgehead atoms. The zero-order valence-electron chi connectivity index (χ0n) is 19.0. The Labute approximate surface area is 197 Å². The van der Waals surface area contributed by atoms with Gasteiger partial charge in [0.15, 0.2) is 17.2 Å². The summed E-state index contributed by atoms with van der Waals surface area (Å²) in [6.45, 7) is 3.70. The predicted molar refractivity (Wildman–Crippen MR) is 129 cm³/mol. The van der Waals surface area contributed by atoms with Crippen LogP contribution in [0.4, 0.5) is 20.6 Å². The predicted octanol–water partition coefficient (Wildman–Crippen LogP) is 5.26. The SMILES string of the molecule is COc1cccc2c1Oc1ccccc1N=C2N1CCN(C(=O)Nc2ccc(F)cc2)C(C)C1. The number of nitrogens with one attached hydrogen (secondary N) is 1. The molecule has 2 aliphatic rings. The van der Waals surface area contributed by atoms with Crippen molar-refractivity contribution in [3.8, 4) is 17.2 Å². The van der Waals surface area contributed by atoms with Crippen LogP contribution in [0.2, 0.25) is 0 Å². The summed E-state index contributed by atoms with van der Waals surface area (Å²) >= 11 is 0. The second kappa shape index (κ2) is 9.05. The lowest BCUT2D eigenvalue weighted by Gasteiger charge is -2.41. The van der Waals surface area contributed by atoms with Crippen molar-refractivity contribution in [3.05, 3.63) is 78.1 Å². The Bertz CT molecular complexity index is 1250. The van der Waals surface area contributed by atoms with E-state index in [1.165, 1.54) is 12.1 Å². The summed E-state index contributed by atoms with van der Waals surface area (Å²) in [5.41, 5.74) is 2.14. The summed E-state index contributed by atoms with van der Waals surface area (Å²) in [5.74, 6) is 2.36. The molecular formula is C26H25FN4O3. The number of nitrogens with zero attached hydrogens (tertiary/aromatic N) is 3. The third kappa shape index (κ3) is 4.14. The number of piperazine rings is 1. The average Bonchev–Trinajstić information content (AvgIpc) is 3.02. The number of amides is 2. The quantitative estimate of drug-likeness (QED) is 0.567. The molecule has 0 aromatic heterocycles. The van der Waals surface area contributed by atoms with Crippen LogP contribution in [0.25, 0.3) is 0 Å². The Kier molecular flexibility index (Phi) is 5.79. The van der Waals surface area contributed by atoms with Gasteiger partial charge in [0, 0.05) is 31.4 Å². The number of rotatable bonds is 2. The van der Waals surface area contributed by atoms with Gasteiger partial charge < -0.3 is 24.6 Å². The van der Waals surface area contributed by atoms with E-state index in [1.807, 2.05) is 49.4 Å². The maximum absolute atomic E-state index is 13.2. The normalized spacial score (nSPS) is 17.0. The molecule has 2 aliphatic heterocycles. The van der Waals surface area contributed by atoms with Crippen molar-refractivity contribution in [1.82, 2.24) is 9.80 Å². The largest absolute Gasteiger partial charge is 0.493 e. The summed E-state index contributed by atoms with van der Waals surface area (Å²) in [5, 5.41) is 2.85. The molecule has 0 radical (unpaired) electrons. The molecule has 2 amide bonds. The molecule has 1 fully saturated rings. The van der Waals surface area contributed by atoms with Crippen LogP contribution in [-0.4, -0.2) is 54.5 Å². The number of hydrogen-bond donors (Lipinski definition) is 1. The van der Waals surface area contributed by atoms with E-state index in [-0.39, 0.29) is 17.9 Å². The third-order valence-corrected chi connectivity index (χ3v) is 6.03. The van der Waals surface area contributed by atoms with E-state index < -0.39 is 0 Å². The van der Waals surface area contributed by atoms with Gasteiger partial charge in [0.25, 0.3) is 0 Å². The number of amidine groups is 1. The van der Waals surface area contributed by atoms with Crippen LogP contribution in [-0.2, 0) is 0 Å². The summed E-state index contributed by atoms with van der Waals surface area (Å²) < 4.78 is 25.0. The third-order valence-electron chi connectivity index (χ3n) is 6.03.